The van der Waals surface area contributed by atoms with Crippen LogP contribution in [0.4, 0.5) is 18.9 Å². The van der Waals surface area contributed by atoms with Gasteiger partial charge < -0.3 is 10.1 Å². The zero-order valence-corrected chi connectivity index (χ0v) is 11.7. The van der Waals surface area contributed by atoms with E-state index in [2.05, 4.69) is 5.32 Å². The fourth-order valence-corrected chi connectivity index (χ4v) is 1.48. The highest BCUT2D eigenvalue weighted by Gasteiger charge is 2.29. The third-order valence-electron chi connectivity index (χ3n) is 2.44. The van der Waals surface area contributed by atoms with Crippen molar-refractivity contribution >= 4 is 17.6 Å². The van der Waals surface area contributed by atoms with Gasteiger partial charge in [0, 0.05) is 12.1 Å². The van der Waals surface area contributed by atoms with Gasteiger partial charge in [-0.15, -0.1) is 0 Å². The Morgan fingerprint density at radius 1 is 1.19 bits per heavy atom. The van der Waals surface area contributed by atoms with Crippen molar-refractivity contribution in [3.05, 3.63) is 29.8 Å². The van der Waals surface area contributed by atoms with Gasteiger partial charge in [0.1, 0.15) is 0 Å². The van der Waals surface area contributed by atoms with Crippen molar-refractivity contribution in [3.8, 4) is 0 Å². The molecule has 7 heteroatoms. The third kappa shape index (κ3) is 6.29. The van der Waals surface area contributed by atoms with Crippen LogP contribution in [0.15, 0.2) is 24.3 Å². The number of carbonyl (C=O) groups excluding carboxylic acids is 2. The Labute approximate surface area is 120 Å². The number of hydrogen-bond donors (Lipinski definition) is 1. The Kier molecular flexibility index (Phi) is 5.75. The number of esters is 1. The van der Waals surface area contributed by atoms with E-state index in [0.29, 0.717) is 0 Å². The highest BCUT2D eigenvalue weighted by molar-refractivity contribution is 5.92. The van der Waals surface area contributed by atoms with Crippen molar-refractivity contribution in [1.29, 1.82) is 0 Å². The monoisotopic (exact) mass is 303 g/mol. The highest BCUT2D eigenvalue weighted by atomic mass is 19.4. The Morgan fingerprint density at radius 3 is 2.24 bits per heavy atom. The molecule has 1 aromatic rings. The Hall–Kier alpha value is -2.05. The van der Waals surface area contributed by atoms with Crippen LogP contribution in [-0.4, -0.2) is 18.5 Å². The van der Waals surface area contributed by atoms with Crippen LogP contribution >= 0.6 is 0 Å². The molecule has 1 aromatic carbocycles. The SMILES string of the molecule is CC(C)CC(=O)OCC(=O)Nc1ccc(C(F)(F)F)cc1. The molecule has 0 unspecified atom stereocenters. The zero-order valence-electron chi connectivity index (χ0n) is 11.7. The van der Waals surface area contributed by atoms with Crippen LogP contribution in [0.2, 0.25) is 0 Å². The minimum atomic E-state index is -4.42. The molecular formula is C14H16F3NO3. The Bertz CT molecular complexity index is 495. The van der Waals surface area contributed by atoms with Crippen molar-refractivity contribution in [2.75, 3.05) is 11.9 Å². The van der Waals surface area contributed by atoms with Gasteiger partial charge in [-0.1, -0.05) is 13.8 Å². The normalized spacial score (nSPS) is 11.3. The molecule has 1 amide bonds. The molecule has 0 fully saturated rings. The smallest absolute Gasteiger partial charge is 0.416 e. The summed E-state index contributed by atoms with van der Waals surface area (Å²) in [6.07, 6.45) is -4.22. The molecule has 0 aliphatic carbocycles. The first-order chi connectivity index (χ1) is 9.68. The lowest BCUT2D eigenvalue weighted by atomic mass is 10.1. The number of hydrogen-bond acceptors (Lipinski definition) is 3. The number of nitrogens with one attached hydrogen (secondary N) is 1. The summed E-state index contributed by atoms with van der Waals surface area (Å²) in [4.78, 5) is 22.7. The zero-order chi connectivity index (χ0) is 16.0. The second-order valence-corrected chi connectivity index (χ2v) is 4.88. The van der Waals surface area contributed by atoms with Crippen LogP contribution in [-0.2, 0) is 20.5 Å². The topological polar surface area (TPSA) is 55.4 Å². The van der Waals surface area contributed by atoms with Crippen molar-refractivity contribution < 1.29 is 27.5 Å². The summed E-state index contributed by atoms with van der Waals surface area (Å²) in [5, 5.41) is 2.35. The lowest BCUT2D eigenvalue weighted by Gasteiger charge is -2.09. The second kappa shape index (κ2) is 7.10. The number of benzene rings is 1. The fourth-order valence-electron chi connectivity index (χ4n) is 1.48. The molecule has 0 heterocycles. The van der Waals surface area contributed by atoms with Gasteiger partial charge in [-0.05, 0) is 30.2 Å². The molecule has 116 valence electrons. The highest BCUT2D eigenvalue weighted by Crippen LogP contribution is 2.29. The van der Waals surface area contributed by atoms with Crippen molar-refractivity contribution in [3.63, 3.8) is 0 Å². The van der Waals surface area contributed by atoms with E-state index < -0.39 is 30.2 Å². The number of alkyl halides is 3. The summed E-state index contributed by atoms with van der Waals surface area (Å²) in [7, 11) is 0. The molecule has 0 spiro atoms. The van der Waals surface area contributed by atoms with Gasteiger partial charge in [-0.25, -0.2) is 0 Å². The van der Waals surface area contributed by atoms with Crippen LogP contribution in [0.5, 0.6) is 0 Å². The maximum absolute atomic E-state index is 12.4. The van der Waals surface area contributed by atoms with Gasteiger partial charge in [0.15, 0.2) is 6.61 Å². The van der Waals surface area contributed by atoms with Crippen molar-refractivity contribution in [2.24, 2.45) is 5.92 Å². The summed E-state index contributed by atoms with van der Waals surface area (Å²) in [5.41, 5.74) is -0.600. The van der Waals surface area contributed by atoms with Gasteiger partial charge in [-0.3, -0.25) is 9.59 Å². The van der Waals surface area contributed by atoms with Crippen LogP contribution < -0.4 is 5.32 Å². The lowest BCUT2D eigenvalue weighted by Crippen LogP contribution is -2.21. The fraction of sp³-hybridized carbons (Fsp3) is 0.429. The molecule has 0 bridgehead atoms. The first-order valence-corrected chi connectivity index (χ1v) is 6.31. The van der Waals surface area contributed by atoms with Gasteiger partial charge in [0.25, 0.3) is 5.91 Å². The second-order valence-electron chi connectivity index (χ2n) is 4.88. The predicted molar refractivity (Wildman–Crippen MR) is 70.5 cm³/mol. The van der Waals surface area contributed by atoms with Gasteiger partial charge in [-0.2, -0.15) is 13.2 Å². The van der Waals surface area contributed by atoms with E-state index >= 15 is 0 Å². The average molecular weight is 303 g/mol. The minimum Gasteiger partial charge on any atom is -0.456 e. The van der Waals surface area contributed by atoms with E-state index in [1.54, 1.807) is 0 Å². The van der Waals surface area contributed by atoms with E-state index in [9.17, 15) is 22.8 Å². The maximum atomic E-state index is 12.4. The Balaban J connectivity index is 2.46. The molecular weight excluding hydrogens is 287 g/mol. The van der Waals surface area contributed by atoms with E-state index in [-0.39, 0.29) is 18.0 Å². The lowest BCUT2D eigenvalue weighted by molar-refractivity contribution is -0.148. The molecule has 0 aliphatic rings. The molecule has 0 saturated heterocycles. The molecule has 1 N–H and O–H groups in total. The number of halogens is 3. The molecule has 4 nitrogen and oxygen atoms in total. The van der Waals surface area contributed by atoms with E-state index in [0.717, 1.165) is 24.3 Å². The summed E-state index contributed by atoms with van der Waals surface area (Å²) >= 11 is 0. The number of carbonyl (C=O) groups is 2. The average Bonchev–Trinajstić information content (AvgIpc) is 2.35. The van der Waals surface area contributed by atoms with Gasteiger partial charge >= 0.3 is 12.1 Å². The summed E-state index contributed by atoms with van der Waals surface area (Å²) in [6, 6.07) is 3.99. The van der Waals surface area contributed by atoms with E-state index in [4.69, 9.17) is 4.74 Å². The third-order valence-corrected chi connectivity index (χ3v) is 2.44. The molecule has 1 rings (SSSR count). The quantitative estimate of drug-likeness (QED) is 0.850. The molecule has 0 saturated carbocycles. The van der Waals surface area contributed by atoms with Crippen LogP contribution in [0.3, 0.4) is 0 Å². The van der Waals surface area contributed by atoms with Crippen molar-refractivity contribution in [2.45, 2.75) is 26.4 Å². The molecule has 0 atom stereocenters. The van der Waals surface area contributed by atoms with E-state index in [1.165, 1.54) is 0 Å². The number of anilines is 1. The number of amides is 1. The Morgan fingerprint density at radius 2 is 1.76 bits per heavy atom. The van der Waals surface area contributed by atoms with Crippen LogP contribution in [0.1, 0.15) is 25.8 Å². The van der Waals surface area contributed by atoms with E-state index in [1.807, 2.05) is 13.8 Å². The van der Waals surface area contributed by atoms with Gasteiger partial charge in [0.2, 0.25) is 0 Å². The predicted octanol–water partition coefficient (Wildman–Crippen LogP) is 3.23. The van der Waals surface area contributed by atoms with Crippen molar-refractivity contribution in [1.82, 2.24) is 0 Å². The summed E-state index contributed by atoms with van der Waals surface area (Å²) in [5.74, 6) is -0.977. The summed E-state index contributed by atoms with van der Waals surface area (Å²) in [6.45, 7) is 3.21. The van der Waals surface area contributed by atoms with Crippen LogP contribution in [0.25, 0.3) is 0 Å². The standard InChI is InChI=1S/C14H16F3NO3/c1-9(2)7-13(20)21-8-12(19)18-11-5-3-10(4-6-11)14(15,16)17/h3-6,9H,7-8H2,1-2H3,(H,18,19). The molecule has 0 radical (unpaired) electrons. The minimum absolute atomic E-state index is 0.121. The molecule has 0 aromatic heterocycles. The first-order valence-electron chi connectivity index (χ1n) is 6.31. The van der Waals surface area contributed by atoms with Gasteiger partial charge in [0.05, 0.1) is 5.56 Å². The van der Waals surface area contributed by atoms with Crippen LogP contribution in [0, 0.1) is 5.92 Å². The molecule has 21 heavy (non-hydrogen) atoms. The maximum Gasteiger partial charge on any atom is 0.416 e. The largest absolute Gasteiger partial charge is 0.456 e. The molecule has 0 aliphatic heterocycles. The first kappa shape index (κ1) is 17.0. The number of rotatable bonds is 5. The number of ether oxygens (including phenoxy) is 1. The summed E-state index contributed by atoms with van der Waals surface area (Å²) < 4.78 is 41.8.